The first kappa shape index (κ1) is 23.4. The highest BCUT2D eigenvalue weighted by molar-refractivity contribution is 6.06. The molecule has 188 valence electrons. The third-order valence-electron chi connectivity index (χ3n) is 8.10. The lowest BCUT2D eigenvalue weighted by Crippen LogP contribution is -2.57. The van der Waals surface area contributed by atoms with E-state index in [1.165, 1.54) is 0 Å². The van der Waals surface area contributed by atoms with Gasteiger partial charge in [0.25, 0.3) is 0 Å². The summed E-state index contributed by atoms with van der Waals surface area (Å²) in [5, 5.41) is 5.91. The van der Waals surface area contributed by atoms with Crippen molar-refractivity contribution in [2.24, 2.45) is 0 Å². The van der Waals surface area contributed by atoms with Crippen LogP contribution in [0.1, 0.15) is 35.2 Å². The van der Waals surface area contributed by atoms with Crippen LogP contribution in [0.25, 0.3) is 0 Å². The van der Waals surface area contributed by atoms with Gasteiger partial charge in [-0.05, 0) is 61.7 Å². The summed E-state index contributed by atoms with van der Waals surface area (Å²) in [6.07, 6.45) is 2.84. The molecule has 3 aliphatic rings. The molecule has 2 aliphatic heterocycles. The second-order valence-electron chi connectivity index (χ2n) is 10.3. The summed E-state index contributed by atoms with van der Waals surface area (Å²) in [6, 6.07) is 19.0. The number of benzene rings is 2. The predicted octanol–water partition coefficient (Wildman–Crippen LogP) is 2.91. The van der Waals surface area contributed by atoms with Crippen LogP contribution in [-0.4, -0.2) is 58.7 Å². The lowest BCUT2D eigenvalue weighted by Gasteiger charge is -2.43. The molecule has 0 bridgehead atoms. The molecule has 0 unspecified atom stereocenters. The molecule has 8 heteroatoms. The topological polar surface area (TPSA) is 94.6 Å². The van der Waals surface area contributed by atoms with Gasteiger partial charge in [0.1, 0.15) is 12.4 Å². The molecule has 2 N–H and O–H groups in total. The number of nitrogens with zero attached hydrogens (tertiary/aromatic N) is 3. The zero-order valence-electron chi connectivity index (χ0n) is 20.9. The SMILES string of the molecule is C[C@H]1C(=O)N(CC(=O)Nc2ccc3c(c2)C[C@@]2(C3)C(=O)Nc3ncccc32)[C@@H](c2ccccc2)CN1C. The van der Waals surface area contributed by atoms with E-state index in [4.69, 9.17) is 0 Å². The first-order valence-corrected chi connectivity index (χ1v) is 12.6. The number of likely N-dealkylation sites (N-methyl/N-ethyl adjacent to an activating group) is 1. The molecule has 6 rings (SSSR count). The molecular weight excluding hydrogens is 466 g/mol. The van der Waals surface area contributed by atoms with E-state index in [9.17, 15) is 14.4 Å². The van der Waals surface area contributed by atoms with Crippen molar-refractivity contribution in [3.8, 4) is 0 Å². The summed E-state index contributed by atoms with van der Waals surface area (Å²) in [7, 11) is 1.94. The number of hydrogen-bond acceptors (Lipinski definition) is 5. The summed E-state index contributed by atoms with van der Waals surface area (Å²) in [6.45, 7) is 2.50. The van der Waals surface area contributed by atoms with Crippen molar-refractivity contribution in [2.45, 2.75) is 37.3 Å². The third-order valence-corrected chi connectivity index (χ3v) is 8.10. The number of pyridine rings is 1. The van der Waals surface area contributed by atoms with Gasteiger partial charge < -0.3 is 15.5 Å². The molecule has 37 heavy (non-hydrogen) atoms. The molecule has 3 heterocycles. The first-order chi connectivity index (χ1) is 17.9. The number of fused-ring (bicyclic) bond motifs is 3. The van der Waals surface area contributed by atoms with Gasteiger partial charge >= 0.3 is 0 Å². The zero-order chi connectivity index (χ0) is 25.7. The van der Waals surface area contributed by atoms with E-state index in [2.05, 4.69) is 15.6 Å². The summed E-state index contributed by atoms with van der Waals surface area (Å²) in [5.41, 5.74) is 4.08. The second-order valence-corrected chi connectivity index (χ2v) is 10.3. The van der Waals surface area contributed by atoms with Gasteiger partial charge in [-0.1, -0.05) is 42.5 Å². The Kier molecular flexibility index (Phi) is 5.56. The molecule has 1 spiro atoms. The van der Waals surface area contributed by atoms with Crippen molar-refractivity contribution in [1.29, 1.82) is 0 Å². The Morgan fingerprint density at radius 1 is 1.08 bits per heavy atom. The average Bonchev–Trinajstić information content (AvgIpc) is 3.41. The van der Waals surface area contributed by atoms with Gasteiger partial charge in [-0.2, -0.15) is 0 Å². The van der Waals surface area contributed by atoms with E-state index >= 15 is 0 Å². The Morgan fingerprint density at radius 2 is 1.86 bits per heavy atom. The third kappa shape index (κ3) is 3.88. The van der Waals surface area contributed by atoms with Crippen molar-refractivity contribution < 1.29 is 14.4 Å². The smallest absolute Gasteiger partial charge is 0.244 e. The molecule has 3 atom stereocenters. The summed E-state index contributed by atoms with van der Waals surface area (Å²) in [4.78, 5) is 47.4. The van der Waals surface area contributed by atoms with Crippen molar-refractivity contribution in [2.75, 3.05) is 30.8 Å². The maximum atomic E-state index is 13.2. The highest BCUT2D eigenvalue weighted by atomic mass is 16.2. The van der Waals surface area contributed by atoms with Gasteiger partial charge in [-0.3, -0.25) is 19.3 Å². The van der Waals surface area contributed by atoms with Crippen LogP contribution in [0, 0.1) is 0 Å². The molecule has 1 aromatic heterocycles. The Labute approximate surface area is 215 Å². The quantitative estimate of drug-likeness (QED) is 0.581. The highest BCUT2D eigenvalue weighted by Crippen LogP contribution is 2.47. The average molecular weight is 496 g/mol. The fraction of sp³-hybridized carbons (Fsp3) is 0.310. The predicted molar refractivity (Wildman–Crippen MR) is 140 cm³/mol. The zero-order valence-corrected chi connectivity index (χ0v) is 20.9. The molecule has 1 aliphatic carbocycles. The van der Waals surface area contributed by atoms with Crippen molar-refractivity contribution in [1.82, 2.24) is 14.8 Å². The number of amides is 3. The Balaban J connectivity index is 1.20. The van der Waals surface area contributed by atoms with E-state index in [-0.39, 0.29) is 36.3 Å². The van der Waals surface area contributed by atoms with Crippen LogP contribution in [0.4, 0.5) is 11.5 Å². The van der Waals surface area contributed by atoms with Crippen LogP contribution in [0.15, 0.2) is 66.9 Å². The minimum Gasteiger partial charge on any atom is -0.325 e. The minimum atomic E-state index is -0.653. The minimum absolute atomic E-state index is 0.0287. The van der Waals surface area contributed by atoms with Gasteiger partial charge in [0.2, 0.25) is 17.7 Å². The Bertz CT molecular complexity index is 1410. The molecule has 2 aromatic carbocycles. The van der Waals surface area contributed by atoms with Gasteiger partial charge in [0.05, 0.1) is 17.5 Å². The summed E-state index contributed by atoms with van der Waals surface area (Å²) >= 11 is 0. The number of rotatable bonds is 4. The Morgan fingerprint density at radius 3 is 2.68 bits per heavy atom. The van der Waals surface area contributed by atoms with Crippen LogP contribution in [0.2, 0.25) is 0 Å². The number of aromatic nitrogens is 1. The number of nitrogens with one attached hydrogen (secondary N) is 2. The molecule has 3 aromatic rings. The van der Waals surface area contributed by atoms with E-state index in [1.54, 1.807) is 11.1 Å². The van der Waals surface area contributed by atoms with Crippen LogP contribution < -0.4 is 10.6 Å². The lowest BCUT2D eigenvalue weighted by molar-refractivity contribution is -0.147. The molecular formula is C29H29N5O3. The molecule has 1 saturated heterocycles. The van der Waals surface area contributed by atoms with Crippen LogP contribution >= 0.6 is 0 Å². The summed E-state index contributed by atoms with van der Waals surface area (Å²) in [5.74, 6) is 0.297. The molecule has 1 fully saturated rings. The van der Waals surface area contributed by atoms with Crippen molar-refractivity contribution >= 4 is 29.2 Å². The van der Waals surface area contributed by atoms with E-state index in [0.717, 1.165) is 22.3 Å². The molecule has 0 radical (unpaired) electrons. The Hall–Kier alpha value is -4.04. The first-order valence-electron chi connectivity index (χ1n) is 12.6. The fourth-order valence-electron chi connectivity index (χ4n) is 5.96. The largest absolute Gasteiger partial charge is 0.325 e. The maximum Gasteiger partial charge on any atom is 0.244 e. The van der Waals surface area contributed by atoms with E-state index < -0.39 is 5.41 Å². The number of carbonyl (C=O) groups excluding carboxylic acids is 3. The van der Waals surface area contributed by atoms with Crippen LogP contribution in [0.3, 0.4) is 0 Å². The van der Waals surface area contributed by atoms with Crippen molar-refractivity contribution in [3.63, 3.8) is 0 Å². The standard InChI is InChI=1S/C29H29N5O3/c1-18-27(36)34(24(16-33(18)2)19-7-4-3-5-8-19)17-25(35)31-22-11-10-20-14-29(15-21(20)13-22)23-9-6-12-30-26(23)32-28(29)37/h3-13,18,24H,14-17H2,1-2H3,(H,31,35)(H,30,32,37)/t18-,24+,29+/m0/s1. The number of anilines is 2. The van der Waals surface area contributed by atoms with Gasteiger partial charge in [0.15, 0.2) is 0 Å². The van der Waals surface area contributed by atoms with Gasteiger partial charge in [-0.25, -0.2) is 4.98 Å². The second kappa shape index (κ2) is 8.81. The molecule has 3 amide bonds. The molecule has 0 saturated carbocycles. The fourth-order valence-corrected chi connectivity index (χ4v) is 5.96. The normalized spacial score (nSPS) is 24.6. The number of carbonyl (C=O) groups is 3. The summed E-state index contributed by atoms with van der Waals surface area (Å²) < 4.78 is 0. The van der Waals surface area contributed by atoms with Gasteiger partial charge in [0, 0.05) is 24.0 Å². The highest BCUT2D eigenvalue weighted by Gasteiger charge is 2.51. The van der Waals surface area contributed by atoms with E-state index in [0.29, 0.717) is 30.9 Å². The van der Waals surface area contributed by atoms with Crippen molar-refractivity contribution in [3.05, 3.63) is 89.1 Å². The van der Waals surface area contributed by atoms with Crippen LogP contribution in [-0.2, 0) is 32.6 Å². The van der Waals surface area contributed by atoms with Gasteiger partial charge in [-0.15, -0.1) is 0 Å². The van der Waals surface area contributed by atoms with Crippen LogP contribution in [0.5, 0.6) is 0 Å². The maximum absolute atomic E-state index is 13.2. The number of hydrogen-bond donors (Lipinski definition) is 2. The van der Waals surface area contributed by atoms with E-state index in [1.807, 2.05) is 79.5 Å². The molecule has 8 nitrogen and oxygen atoms in total. The monoisotopic (exact) mass is 495 g/mol. The lowest BCUT2D eigenvalue weighted by atomic mass is 9.79. The number of piperazine rings is 1.